The zero-order valence-electron chi connectivity index (χ0n) is 25.1. The lowest BCUT2D eigenvalue weighted by molar-refractivity contribution is -0.167. The first-order valence-electron chi connectivity index (χ1n) is 15.7. The zero-order valence-corrected chi connectivity index (χ0v) is 25.1. The standard InChI is InChI=1S/C34H62O3/c1-5-9-11-13-15-17-19-21-23-25-29-33(27-7-3)36-31-35-32-37-34(28-8-4)30-26-24-22-20-18-16-14-12-10-6-2/h13-20,33-34H,5-12,21-32H2,1-4H3. The van der Waals surface area contributed by atoms with Crippen molar-refractivity contribution in [3.05, 3.63) is 48.6 Å². The van der Waals surface area contributed by atoms with Crippen LogP contribution in [-0.2, 0) is 14.2 Å². The molecule has 3 nitrogen and oxygen atoms in total. The van der Waals surface area contributed by atoms with Crippen LogP contribution in [0.1, 0.15) is 143 Å². The van der Waals surface area contributed by atoms with Gasteiger partial charge in [-0.15, -0.1) is 0 Å². The molecule has 0 aromatic heterocycles. The van der Waals surface area contributed by atoms with E-state index in [1.807, 2.05) is 0 Å². The molecule has 0 radical (unpaired) electrons. The van der Waals surface area contributed by atoms with Crippen molar-refractivity contribution in [1.82, 2.24) is 0 Å². The first-order valence-corrected chi connectivity index (χ1v) is 15.7. The molecule has 0 spiro atoms. The summed E-state index contributed by atoms with van der Waals surface area (Å²) in [5.74, 6) is 0. The van der Waals surface area contributed by atoms with Crippen LogP contribution in [0.4, 0.5) is 0 Å². The van der Waals surface area contributed by atoms with E-state index >= 15 is 0 Å². The summed E-state index contributed by atoms with van der Waals surface area (Å²) in [5.41, 5.74) is 0. The van der Waals surface area contributed by atoms with Crippen LogP contribution in [-0.4, -0.2) is 25.8 Å². The van der Waals surface area contributed by atoms with Gasteiger partial charge in [-0.05, 0) is 64.2 Å². The van der Waals surface area contributed by atoms with Gasteiger partial charge in [0.15, 0.2) is 0 Å². The molecule has 0 aliphatic carbocycles. The quantitative estimate of drug-likeness (QED) is 0.0585. The SMILES string of the molecule is CCCCC=CC=CCCCCC(CCC)OCOCOC(CCC)CCCCC=CC=CCCCC. The molecule has 216 valence electrons. The lowest BCUT2D eigenvalue weighted by Gasteiger charge is -2.19. The third-order valence-electron chi connectivity index (χ3n) is 6.50. The Kier molecular flexibility index (Phi) is 30.1. The van der Waals surface area contributed by atoms with Crippen LogP contribution >= 0.6 is 0 Å². The van der Waals surface area contributed by atoms with Crippen LogP contribution in [0.5, 0.6) is 0 Å². The highest BCUT2D eigenvalue weighted by molar-refractivity contribution is 5.02. The summed E-state index contributed by atoms with van der Waals surface area (Å²) in [6.07, 6.45) is 39.8. The maximum atomic E-state index is 6.03. The minimum absolute atomic E-state index is 0.295. The van der Waals surface area contributed by atoms with Gasteiger partial charge in [0.25, 0.3) is 0 Å². The zero-order chi connectivity index (χ0) is 27.1. The fraction of sp³-hybridized carbons (Fsp3) is 0.765. The molecule has 0 N–H and O–H groups in total. The second kappa shape index (κ2) is 31.1. The Balaban J connectivity index is 3.91. The minimum atomic E-state index is 0.295. The van der Waals surface area contributed by atoms with Gasteiger partial charge in [0.1, 0.15) is 13.6 Å². The van der Waals surface area contributed by atoms with Gasteiger partial charge in [-0.25, -0.2) is 0 Å². The van der Waals surface area contributed by atoms with E-state index in [1.54, 1.807) is 0 Å². The molecule has 0 saturated heterocycles. The molecule has 0 rings (SSSR count). The highest BCUT2D eigenvalue weighted by atomic mass is 16.7. The van der Waals surface area contributed by atoms with Gasteiger partial charge >= 0.3 is 0 Å². The molecule has 0 aromatic carbocycles. The molecule has 0 saturated carbocycles. The first kappa shape index (κ1) is 35.8. The van der Waals surface area contributed by atoms with E-state index in [0.717, 1.165) is 51.4 Å². The smallest absolute Gasteiger partial charge is 0.149 e. The highest BCUT2D eigenvalue weighted by Gasteiger charge is 2.10. The normalized spacial score (nSPS) is 14.2. The summed E-state index contributed by atoms with van der Waals surface area (Å²) in [5, 5.41) is 0. The Labute approximate surface area is 231 Å². The topological polar surface area (TPSA) is 27.7 Å². The fourth-order valence-corrected chi connectivity index (χ4v) is 4.20. The van der Waals surface area contributed by atoms with Crippen molar-refractivity contribution in [3.8, 4) is 0 Å². The largest absolute Gasteiger partial charge is 0.352 e. The molecule has 2 unspecified atom stereocenters. The minimum Gasteiger partial charge on any atom is -0.352 e. The lowest BCUT2D eigenvalue weighted by Crippen LogP contribution is -2.19. The number of hydrogen-bond donors (Lipinski definition) is 0. The second-order valence-electron chi connectivity index (χ2n) is 10.2. The lowest BCUT2D eigenvalue weighted by atomic mass is 10.1. The van der Waals surface area contributed by atoms with Crippen LogP contribution in [0.15, 0.2) is 48.6 Å². The van der Waals surface area contributed by atoms with Crippen LogP contribution in [0.25, 0.3) is 0 Å². The molecular weight excluding hydrogens is 456 g/mol. The molecule has 0 bridgehead atoms. The molecule has 0 fully saturated rings. The summed E-state index contributed by atoms with van der Waals surface area (Å²) in [6.45, 7) is 9.59. The molecule has 0 amide bonds. The van der Waals surface area contributed by atoms with Crippen molar-refractivity contribution in [2.75, 3.05) is 13.6 Å². The fourth-order valence-electron chi connectivity index (χ4n) is 4.20. The maximum absolute atomic E-state index is 6.03. The molecule has 2 atom stereocenters. The predicted octanol–water partition coefficient (Wildman–Crippen LogP) is 11.0. The summed E-state index contributed by atoms with van der Waals surface area (Å²) >= 11 is 0. The van der Waals surface area contributed by atoms with Crippen molar-refractivity contribution >= 4 is 0 Å². The average molecular weight is 519 g/mol. The first-order chi connectivity index (χ1) is 18.3. The summed E-state index contributed by atoms with van der Waals surface area (Å²) in [7, 11) is 0. The van der Waals surface area contributed by atoms with Crippen molar-refractivity contribution in [1.29, 1.82) is 0 Å². The molecule has 37 heavy (non-hydrogen) atoms. The van der Waals surface area contributed by atoms with Crippen molar-refractivity contribution in [3.63, 3.8) is 0 Å². The predicted molar refractivity (Wildman–Crippen MR) is 163 cm³/mol. The molecule has 3 heteroatoms. The summed E-state index contributed by atoms with van der Waals surface area (Å²) in [4.78, 5) is 0. The van der Waals surface area contributed by atoms with E-state index in [1.165, 1.54) is 64.2 Å². The van der Waals surface area contributed by atoms with E-state index in [9.17, 15) is 0 Å². The average Bonchev–Trinajstić information content (AvgIpc) is 2.90. The van der Waals surface area contributed by atoms with E-state index in [4.69, 9.17) is 14.2 Å². The monoisotopic (exact) mass is 518 g/mol. The summed E-state index contributed by atoms with van der Waals surface area (Å²) < 4.78 is 17.8. The Morgan fingerprint density at radius 1 is 0.432 bits per heavy atom. The Morgan fingerprint density at radius 2 is 0.811 bits per heavy atom. The number of unbranched alkanes of at least 4 members (excludes halogenated alkanes) is 8. The number of allylic oxidation sites excluding steroid dienone is 8. The van der Waals surface area contributed by atoms with Gasteiger partial charge in [0, 0.05) is 0 Å². The number of hydrogen-bond acceptors (Lipinski definition) is 3. The van der Waals surface area contributed by atoms with E-state index in [0.29, 0.717) is 25.8 Å². The van der Waals surface area contributed by atoms with E-state index in [-0.39, 0.29) is 0 Å². The third-order valence-corrected chi connectivity index (χ3v) is 6.50. The van der Waals surface area contributed by atoms with Gasteiger partial charge in [-0.2, -0.15) is 0 Å². The van der Waals surface area contributed by atoms with Crippen LogP contribution in [0.3, 0.4) is 0 Å². The Bertz CT molecular complexity index is 501. The summed E-state index contributed by atoms with van der Waals surface area (Å²) in [6, 6.07) is 0. The highest BCUT2D eigenvalue weighted by Crippen LogP contribution is 2.14. The van der Waals surface area contributed by atoms with Gasteiger partial charge in [-0.3, -0.25) is 0 Å². The number of rotatable bonds is 28. The van der Waals surface area contributed by atoms with Crippen molar-refractivity contribution in [2.24, 2.45) is 0 Å². The van der Waals surface area contributed by atoms with Gasteiger partial charge in [0.05, 0.1) is 12.2 Å². The third kappa shape index (κ3) is 27.7. The van der Waals surface area contributed by atoms with Gasteiger partial charge in [-0.1, -0.05) is 128 Å². The molecular formula is C34H62O3. The Hall–Kier alpha value is -1.16. The Morgan fingerprint density at radius 3 is 1.16 bits per heavy atom. The van der Waals surface area contributed by atoms with Gasteiger partial charge in [0.2, 0.25) is 0 Å². The molecule has 0 aliphatic heterocycles. The maximum Gasteiger partial charge on any atom is 0.149 e. The second-order valence-corrected chi connectivity index (χ2v) is 10.2. The van der Waals surface area contributed by atoms with Crippen LogP contribution < -0.4 is 0 Å². The van der Waals surface area contributed by atoms with Crippen molar-refractivity contribution in [2.45, 2.75) is 155 Å². The van der Waals surface area contributed by atoms with E-state index in [2.05, 4.69) is 76.3 Å². The van der Waals surface area contributed by atoms with Crippen LogP contribution in [0, 0.1) is 0 Å². The molecule has 0 heterocycles. The molecule has 0 aromatic rings. The van der Waals surface area contributed by atoms with E-state index < -0.39 is 0 Å². The van der Waals surface area contributed by atoms with Crippen LogP contribution in [0.2, 0.25) is 0 Å². The molecule has 0 aliphatic rings. The van der Waals surface area contributed by atoms with Gasteiger partial charge < -0.3 is 14.2 Å². The van der Waals surface area contributed by atoms with Crippen molar-refractivity contribution < 1.29 is 14.2 Å². The number of ether oxygens (including phenoxy) is 3.